The van der Waals surface area contributed by atoms with Crippen molar-refractivity contribution in [1.82, 2.24) is 0 Å². The van der Waals surface area contributed by atoms with Crippen molar-refractivity contribution in [2.24, 2.45) is 0 Å². The number of halogens is 2. The van der Waals surface area contributed by atoms with Gasteiger partial charge in [-0.15, -0.1) is 11.3 Å². The van der Waals surface area contributed by atoms with Crippen LogP contribution in [-0.4, -0.2) is 16.9 Å². The van der Waals surface area contributed by atoms with Gasteiger partial charge in [-0.2, -0.15) is 0 Å². The van der Waals surface area contributed by atoms with Crippen LogP contribution in [0.4, 0.5) is 11.4 Å². The van der Waals surface area contributed by atoms with E-state index in [0.29, 0.717) is 26.2 Å². The number of carbonyl (C=O) groups is 2. The molecule has 4 rings (SSSR count). The van der Waals surface area contributed by atoms with Gasteiger partial charge in [-0.3, -0.25) is 4.79 Å². The lowest BCUT2D eigenvalue weighted by Crippen LogP contribution is -2.09. The molecule has 3 aromatic carbocycles. The third kappa shape index (κ3) is 4.19. The third-order valence-corrected chi connectivity index (χ3v) is 6.58. The Balaban J connectivity index is 1.65. The maximum absolute atomic E-state index is 13.0. The van der Waals surface area contributed by atoms with Gasteiger partial charge in [0.05, 0.1) is 15.5 Å². The molecule has 0 aliphatic carbocycles. The molecular formula is C23H15Cl2NO3S. The quantitative estimate of drug-likeness (QED) is 0.305. The van der Waals surface area contributed by atoms with Gasteiger partial charge < -0.3 is 10.4 Å². The smallest absolute Gasteiger partial charge is 0.335 e. The van der Waals surface area contributed by atoms with Gasteiger partial charge in [-0.05, 0) is 54.1 Å². The summed E-state index contributed by atoms with van der Waals surface area (Å²) < 4.78 is 0.919. The van der Waals surface area contributed by atoms with Crippen molar-refractivity contribution in [3.63, 3.8) is 0 Å². The van der Waals surface area contributed by atoms with E-state index in [4.69, 9.17) is 23.2 Å². The van der Waals surface area contributed by atoms with Crippen LogP contribution in [0.5, 0.6) is 0 Å². The number of anilines is 2. The first-order chi connectivity index (χ1) is 14.4. The fourth-order valence-corrected chi connectivity index (χ4v) is 4.77. The van der Waals surface area contributed by atoms with E-state index in [0.717, 1.165) is 15.8 Å². The summed E-state index contributed by atoms with van der Waals surface area (Å²) in [6.45, 7) is 0. The molecule has 4 aromatic rings. The second-order valence-electron chi connectivity index (χ2n) is 6.65. The number of benzene rings is 3. The molecule has 1 aromatic heterocycles. The van der Waals surface area contributed by atoms with E-state index in [1.54, 1.807) is 24.3 Å². The number of carbonyl (C=O) groups excluding carboxylic acids is 1. The van der Waals surface area contributed by atoms with E-state index in [1.807, 2.05) is 36.4 Å². The normalized spacial score (nSPS) is 10.9. The first kappa shape index (κ1) is 20.4. The van der Waals surface area contributed by atoms with Crippen LogP contribution in [0.15, 0.2) is 66.7 Å². The van der Waals surface area contributed by atoms with Gasteiger partial charge in [-0.25, -0.2) is 4.79 Å². The summed E-state index contributed by atoms with van der Waals surface area (Å²) in [6, 6.07) is 19.5. The van der Waals surface area contributed by atoms with E-state index in [1.165, 1.54) is 17.4 Å². The van der Waals surface area contributed by atoms with Crippen molar-refractivity contribution >= 4 is 67.8 Å². The van der Waals surface area contributed by atoms with Crippen molar-refractivity contribution in [1.29, 1.82) is 0 Å². The summed E-state index contributed by atoms with van der Waals surface area (Å²) in [5.74, 6) is -1.30. The van der Waals surface area contributed by atoms with E-state index < -0.39 is 5.97 Å². The molecule has 150 valence electrons. The van der Waals surface area contributed by atoms with Gasteiger partial charge in [0.15, 0.2) is 5.78 Å². The topological polar surface area (TPSA) is 66.4 Å². The highest BCUT2D eigenvalue weighted by atomic mass is 35.5. The first-order valence-corrected chi connectivity index (χ1v) is 10.6. The lowest BCUT2D eigenvalue weighted by Gasteiger charge is -2.11. The summed E-state index contributed by atoms with van der Waals surface area (Å²) in [7, 11) is 0. The van der Waals surface area contributed by atoms with Crippen molar-refractivity contribution in [3.05, 3.63) is 92.8 Å². The SMILES string of the molecule is O=C(O)c1ccc(Nc2ccc(Cl)cc2)cc1CC(=O)c1sc2ccccc2c1Cl. The van der Waals surface area contributed by atoms with E-state index in [9.17, 15) is 14.7 Å². The molecule has 0 fully saturated rings. The number of carboxylic acid groups (broad SMARTS) is 1. The van der Waals surface area contributed by atoms with Gasteiger partial charge in [0.25, 0.3) is 0 Å². The molecule has 0 atom stereocenters. The lowest BCUT2D eigenvalue weighted by atomic mass is 10.0. The number of nitrogens with one attached hydrogen (secondary N) is 1. The molecule has 2 N–H and O–H groups in total. The minimum absolute atomic E-state index is 0.0652. The van der Waals surface area contributed by atoms with Gasteiger partial charge in [0.1, 0.15) is 0 Å². The standard InChI is InChI=1S/C23H15Cl2NO3S/c24-14-5-7-15(8-6-14)26-16-9-10-17(23(28)29)13(11-16)12-19(27)22-21(25)18-3-1-2-4-20(18)30-22/h1-11,26H,12H2,(H,28,29). The summed E-state index contributed by atoms with van der Waals surface area (Å²) in [5, 5.41) is 14.6. The second kappa shape index (κ2) is 8.48. The largest absolute Gasteiger partial charge is 0.478 e. The Hall–Kier alpha value is -2.86. The van der Waals surface area contributed by atoms with Crippen LogP contribution in [0.1, 0.15) is 25.6 Å². The number of carboxylic acids is 1. The lowest BCUT2D eigenvalue weighted by molar-refractivity contribution is 0.0696. The molecule has 0 aliphatic rings. The summed E-state index contributed by atoms with van der Waals surface area (Å²) in [6.07, 6.45) is -0.0652. The van der Waals surface area contributed by atoms with Crippen molar-refractivity contribution in [3.8, 4) is 0 Å². The van der Waals surface area contributed by atoms with Gasteiger partial charge in [-0.1, -0.05) is 41.4 Å². The second-order valence-corrected chi connectivity index (χ2v) is 8.52. The van der Waals surface area contributed by atoms with Gasteiger partial charge in [0.2, 0.25) is 0 Å². The monoisotopic (exact) mass is 455 g/mol. The van der Waals surface area contributed by atoms with Crippen LogP contribution in [0.3, 0.4) is 0 Å². The number of rotatable bonds is 6. The Bertz CT molecular complexity index is 1270. The highest BCUT2D eigenvalue weighted by Gasteiger charge is 2.20. The summed E-state index contributed by atoms with van der Waals surface area (Å²) in [4.78, 5) is 25.1. The number of hydrogen-bond acceptors (Lipinski definition) is 4. The molecule has 0 aliphatic heterocycles. The van der Waals surface area contributed by atoms with E-state index in [2.05, 4.69) is 5.32 Å². The predicted molar refractivity (Wildman–Crippen MR) is 123 cm³/mol. The first-order valence-electron chi connectivity index (χ1n) is 9.01. The zero-order valence-corrected chi connectivity index (χ0v) is 17.8. The fourth-order valence-electron chi connectivity index (χ4n) is 3.17. The summed E-state index contributed by atoms with van der Waals surface area (Å²) in [5.41, 5.74) is 1.97. The fraction of sp³-hybridized carbons (Fsp3) is 0.0435. The van der Waals surface area contributed by atoms with Crippen LogP contribution in [-0.2, 0) is 6.42 Å². The van der Waals surface area contributed by atoms with Crippen LogP contribution in [0, 0.1) is 0 Å². The van der Waals surface area contributed by atoms with Crippen molar-refractivity contribution < 1.29 is 14.7 Å². The predicted octanol–water partition coefficient (Wildman–Crippen LogP) is 7.08. The van der Waals surface area contributed by atoms with Crippen molar-refractivity contribution in [2.45, 2.75) is 6.42 Å². The number of ketones is 1. The van der Waals surface area contributed by atoms with Gasteiger partial charge in [0, 0.05) is 32.9 Å². The van der Waals surface area contributed by atoms with E-state index in [-0.39, 0.29) is 17.8 Å². The minimum atomic E-state index is -1.08. The number of aromatic carboxylic acids is 1. The molecule has 0 amide bonds. The van der Waals surface area contributed by atoms with Crippen LogP contribution < -0.4 is 5.32 Å². The van der Waals surface area contributed by atoms with Crippen molar-refractivity contribution in [2.75, 3.05) is 5.32 Å². The molecule has 0 bridgehead atoms. The molecule has 4 nitrogen and oxygen atoms in total. The Morgan fingerprint density at radius 2 is 1.63 bits per heavy atom. The maximum Gasteiger partial charge on any atom is 0.335 e. The Kier molecular flexibility index (Phi) is 5.77. The third-order valence-electron chi connectivity index (χ3n) is 4.61. The molecule has 1 heterocycles. The Morgan fingerprint density at radius 3 is 2.33 bits per heavy atom. The number of Topliss-reactive ketones (excluding diaryl/α,β-unsaturated/α-hetero) is 1. The molecule has 0 unspecified atom stereocenters. The Labute approximate surface area is 186 Å². The van der Waals surface area contributed by atoms with E-state index >= 15 is 0 Å². The average Bonchev–Trinajstić information content (AvgIpc) is 3.07. The molecule has 30 heavy (non-hydrogen) atoms. The minimum Gasteiger partial charge on any atom is -0.478 e. The zero-order chi connectivity index (χ0) is 21.3. The molecule has 0 spiro atoms. The van der Waals surface area contributed by atoms with Crippen LogP contribution in [0.2, 0.25) is 10.0 Å². The Morgan fingerprint density at radius 1 is 0.933 bits per heavy atom. The molecule has 0 saturated carbocycles. The van der Waals surface area contributed by atoms with Crippen LogP contribution in [0.25, 0.3) is 10.1 Å². The highest BCUT2D eigenvalue weighted by molar-refractivity contribution is 7.21. The number of thiophene rings is 1. The van der Waals surface area contributed by atoms with Crippen LogP contribution >= 0.6 is 34.5 Å². The number of fused-ring (bicyclic) bond motifs is 1. The molecular weight excluding hydrogens is 441 g/mol. The number of hydrogen-bond donors (Lipinski definition) is 2. The average molecular weight is 456 g/mol. The zero-order valence-electron chi connectivity index (χ0n) is 15.5. The molecule has 7 heteroatoms. The molecule has 0 saturated heterocycles. The molecule has 0 radical (unpaired) electrons. The highest BCUT2D eigenvalue weighted by Crippen LogP contribution is 2.36. The summed E-state index contributed by atoms with van der Waals surface area (Å²) >= 11 is 13.7. The maximum atomic E-state index is 13.0. The van der Waals surface area contributed by atoms with Gasteiger partial charge >= 0.3 is 5.97 Å².